The third-order valence-electron chi connectivity index (χ3n) is 3.07. The zero-order valence-electron chi connectivity index (χ0n) is 12.3. The van der Waals surface area contributed by atoms with Crippen molar-refractivity contribution in [1.29, 1.82) is 0 Å². The molecular weight excluding hydrogens is 288 g/mol. The van der Waals surface area contributed by atoms with E-state index in [0.717, 1.165) is 17.0 Å². The van der Waals surface area contributed by atoms with E-state index in [1.54, 1.807) is 0 Å². The highest BCUT2D eigenvalue weighted by molar-refractivity contribution is 7.89. The van der Waals surface area contributed by atoms with Crippen LogP contribution in [0, 0.1) is 6.92 Å². The Bertz CT molecular complexity index is 678. The molecule has 0 atom stereocenters. The molecule has 1 aromatic carbocycles. The third-order valence-corrected chi connectivity index (χ3v) is 4.66. The van der Waals surface area contributed by atoms with Crippen LogP contribution >= 0.6 is 0 Å². The number of sulfonamides is 1. The van der Waals surface area contributed by atoms with Crippen molar-refractivity contribution in [3.63, 3.8) is 0 Å². The highest BCUT2D eigenvalue weighted by Crippen LogP contribution is 2.21. The van der Waals surface area contributed by atoms with E-state index < -0.39 is 10.0 Å². The fourth-order valence-electron chi connectivity index (χ4n) is 2.03. The van der Waals surface area contributed by atoms with Gasteiger partial charge >= 0.3 is 0 Å². The summed E-state index contributed by atoms with van der Waals surface area (Å²) in [7, 11) is -3.17. The van der Waals surface area contributed by atoms with Crippen LogP contribution in [-0.4, -0.2) is 25.7 Å². The van der Waals surface area contributed by atoms with Gasteiger partial charge in [-0.05, 0) is 25.5 Å². The van der Waals surface area contributed by atoms with Crippen LogP contribution in [0.25, 0.3) is 11.5 Å². The molecule has 1 N–H and O–H groups in total. The molecule has 6 heteroatoms. The minimum atomic E-state index is -3.17. The summed E-state index contributed by atoms with van der Waals surface area (Å²) >= 11 is 0. The summed E-state index contributed by atoms with van der Waals surface area (Å²) in [5, 5.41) is 0. The molecule has 0 fully saturated rings. The van der Waals surface area contributed by atoms with Crippen LogP contribution in [0.2, 0.25) is 0 Å². The minimum absolute atomic E-state index is 0.153. The predicted octanol–water partition coefficient (Wildman–Crippen LogP) is 2.52. The van der Waals surface area contributed by atoms with Crippen molar-refractivity contribution >= 4 is 10.0 Å². The number of nitrogens with one attached hydrogen (secondary N) is 1. The highest BCUT2D eigenvalue weighted by atomic mass is 32.2. The molecule has 0 radical (unpaired) electrons. The van der Waals surface area contributed by atoms with Crippen LogP contribution in [0.4, 0.5) is 0 Å². The summed E-state index contributed by atoms with van der Waals surface area (Å²) < 4.78 is 31.4. The second-order valence-electron chi connectivity index (χ2n) is 4.85. The molecule has 5 nitrogen and oxygen atoms in total. The fourth-order valence-corrected chi connectivity index (χ4v) is 3.12. The molecule has 1 heterocycles. The smallest absolute Gasteiger partial charge is 0.226 e. The molecule has 0 unspecified atom stereocenters. The molecule has 21 heavy (non-hydrogen) atoms. The Hall–Kier alpha value is -1.66. The van der Waals surface area contributed by atoms with E-state index >= 15 is 0 Å². The lowest BCUT2D eigenvalue weighted by Gasteiger charge is -2.03. The van der Waals surface area contributed by atoms with Crippen molar-refractivity contribution in [3.05, 3.63) is 41.8 Å². The molecule has 2 aromatic rings. The number of rotatable bonds is 7. The van der Waals surface area contributed by atoms with Crippen molar-refractivity contribution in [2.75, 3.05) is 12.3 Å². The van der Waals surface area contributed by atoms with Crippen LogP contribution in [0.1, 0.15) is 24.8 Å². The normalized spacial score (nSPS) is 11.7. The van der Waals surface area contributed by atoms with E-state index in [9.17, 15) is 8.42 Å². The Morgan fingerprint density at radius 3 is 2.62 bits per heavy atom. The number of hydrogen-bond acceptors (Lipinski definition) is 4. The number of aromatic nitrogens is 1. The average molecular weight is 308 g/mol. The van der Waals surface area contributed by atoms with Crippen molar-refractivity contribution in [2.24, 2.45) is 0 Å². The lowest BCUT2D eigenvalue weighted by molar-refractivity contribution is 0.538. The molecule has 1 aromatic heterocycles. The standard InChI is InChI=1S/C15H20N2O3S/c1-3-11-21(18,19)16-10-9-14-12(2)20-15(17-14)13-7-5-4-6-8-13/h4-8,16H,3,9-11H2,1-2H3. The van der Waals surface area contributed by atoms with Gasteiger partial charge in [0.2, 0.25) is 15.9 Å². The van der Waals surface area contributed by atoms with Gasteiger partial charge in [-0.2, -0.15) is 0 Å². The van der Waals surface area contributed by atoms with E-state index in [1.807, 2.05) is 44.2 Å². The Kier molecular flexibility index (Phi) is 5.14. The summed E-state index contributed by atoms with van der Waals surface area (Å²) in [6, 6.07) is 9.64. The topological polar surface area (TPSA) is 72.2 Å². The number of aryl methyl sites for hydroxylation is 1. The van der Waals surface area contributed by atoms with E-state index in [1.165, 1.54) is 0 Å². The molecule has 0 aliphatic rings. The van der Waals surface area contributed by atoms with E-state index in [4.69, 9.17) is 4.42 Å². The molecule has 114 valence electrons. The van der Waals surface area contributed by atoms with E-state index in [0.29, 0.717) is 25.3 Å². The van der Waals surface area contributed by atoms with E-state index in [-0.39, 0.29) is 5.75 Å². The molecule has 0 bridgehead atoms. The highest BCUT2D eigenvalue weighted by Gasteiger charge is 2.13. The maximum atomic E-state index is 11.6. The molecule has 0 spiro atoms. The van der Waals surface area contributed by atoms with Crippen molar-refractivity contribution < 1.29 is 12.8 Å². The van der Waals surface area contributed by atoms with Crippen LogP contribution in [0.5, 0.6) is 0 Å². The van der Waals surface area contributed by atoms with Gasteiger partial charge in [-0.25, -0.2) is 18.1 Å². The largest absolute Gasteiger partial charge is 0.441 e. The van der Waals surface area contributed by atoms with Crippen LogP contribution in [-0.2, 0) is 16.4 Å². The average Bonchev–Trinajstić information content (AvgIpc) is 2.81. The van der Waals surface area contributed by atoms with Gasteiger partial charge in [-0.3, -0.25) is 0 Å². The van der Waals surface area contributed by atoms with Crippen molar-refractivity contribution in [2.45, 2.75) is 26.7 Å². The second-order valence-corrected chi connectivity index (χ2v) is 6.78. The van der Waals surface area contributed by atoms with Crippen molar-refractivity contribution in [1.82, 2.24) is 9.71 Å². The first kappa shape index (κ1) is 15.7. The van der Waals surface area contributed by atoms with Crippen LogP contribution in [0.3, 0.4) is 0 Å². The summed E-state index contributed by atoms with van der Waals surface area (Å²) in [6.07, 6.45) is 1.13. The molecule has 0 aliphatic carbocycles. The van der Waals surface area contributed by atoms with Crippen molar-refractivity contribution in [3.8, 4) is 11.5 Å². The van der Waals surface area contributed by atoms with Crippen LogP contribution < -0.4 is 4.72 Å². The summed E-state index contributed by atoms with van der Waals surface area (Å²) in [5.74, 6) is 1.45. The lowest BCUT2D eigenvalue weighted by atomic mass is 10.2. The number of nitrogens with zero attached hydrogens (tertiary/aromatic N) is 1. The predicted molar refractivity (Wildman–Crippen MR) is 82.5 cm³/mol. The quantitative estimate of drug-likeness (QED) is 0.853. The van der Waals surface area contributed by atoms with Gasteiger partial charge in [0.1, 0.15) is 5.76 Å². The first-order valence-corrected chi connectivity index (χ1v) is 8.66. The van der Waals surface area contributed by atoms with Gasteiger partial charge in [0.25, 0.3) is 0 Å². The lowest BCUT2D eigenvalue weighted by Crippen LogP contribution is -2.28. The van der Waals surface area contributed by atoms with Gasteiger partial charge in [-0.1, -0.05) is 25.1 Å². The Balaban J connectivity index is 2.01. The van der Waals surface area contributed by atoms with Gasteiger partial charge in [0.15, 0.2) is 0 Å². The van der Waals surface area contributed by atoms with Gasteiger partial charge in [-0.15, -0.1) is 0 Å². The Labute approximate surface area is 125 Å². The number of oxazole rings is 1. The first-order valence-electron chi connectivity index (χ1n) is 7.01. The third kappa shape index (κ3) is 4.41. The Morgan fingerprint density at radius 1 is 1.24 bits per heavy atom. The molecule has 2 rings (SSSR count). The zero-order chi connectivity index (χ0) is 15.3. The Morgan fingerprint density at radius 2 is 1.95 bits per heavy atom. The summed E-state index contributed by atoms with van der Waals surface area (Å²) in [5.41, 5.74) is 1.70. The van der Waals surface area contributed by atoms with Crippen LogP contribution in [0.15, 0.2) is 34.7 Å². The molecule has 0 saturated heterocycles. The zero-order valence-corrected chi connectivity index (χ0v) is 13.1. The molecular formula is C15H20N2O3S. The molecule has 0 aliphatic heterocycles. The maximum absolute atomic E-state index is 11.6. The summed E-state index contributed by atoms with van der Waals surface area (Å²) in [4.78, 5) is 4.44. The SMILES string of the molecule is CCCS(=O)(=O)NCCc1nc(-c2ccccc2)oc1C. The summed E-state index contributed by atoms with van der Waals surface area (Å²) in [6.45, 7) is 4.02. The minimum Gasteiger partial charge on any atom is -0.441 e. The van der Waals surface area contributed by atoms with Gasteiger partial charge < -0.3 is 4.42 Å². The second kappa shape index (κ2) is 6.87. The number of benzene rings is 1. The van der Waals surface area contributed by atoms with Gasteiger partial charge in [0.05, 0.1) is 11.4 Å². The monoisotopic (exact) mass is 308 g/mol. The molecule has 0 saturated carbocycles. The molecule has 0 amide bonds. The fraction of sp³-hybridized carbons (Fsp3) is 0.400. The number of hydrogen-bond donors (Lipinski definition) is 1. The van der Waals surface area contributed by atoms with E-state index in [2.05, 4.69) is 9.71 Å². The van der Waals surface area contributed by atoms with Gasteiger partial charge in [0, 0.05) is 18.5 Å². The maximum Gasteiger partial charge on any atom is 0.226 e. The first-order chi connectivity index (χ1) is 10.0.